The van der Waals surface area contributed by atoms with E-state index in [4.69, 9.17) is 20.9 Å². The second kappa shape index (κ2) is 9.41. The summed E-state index contributed by atoms with van der Waals surface area (Å²) in [5.41, 5.74) is 1.60. The molecule has 0 spiro atoms. The van der Waals surface area contributed by atoms with Gasteiger partial charge in [0.15, 0.2) is 0 Å². The minimum absolute atomic E-state index is 0.0949. The third-order valence-corrected chi connectivity index (χ3v) is 6.94. The Morgan fingerprint density at radius 1 is 1.19 bits per heavy atom. The highest BCUT2D eigenvalue weighted by atomic mass is 35.5. The van der Waals surface area contributed by atoms with Crippen LogP contribution in [0.1, 0.15) is 29.0 Å². The maximum Gasteiger partial charge on any atom is 0.261 e. The first kappa shape index (κ1) is 22.5. The Balaban J connectivity index is 1.48. The number of aryl methyl sites for hydroxylation is 1. The fourth-order valence-corrected chi connectivity index (χ4v) is 4.77. The fourth-order valence-electron chi connectivity index (χ4n) is 3.48. The highest BCUT2D eigenvalue weighted by Crippen LogP contribution is 2.31. The highest BCUT2D eigenvalue weighted by molar-refractivity contribution is 7.89. The molecule has 1 saturated heterocycles. The van der Waals surface area contributed by atoms with E-state index in [9.17, 15) is 13.2 Å². The van der Waals surface area contributed by atoms with Gasteiger partial charge in [0, 0.05) is 24.4 Å². The SMILES string of the molecule is Cc1onc(-c2ccccc2Cl)c1C(=O)Nc1ccc(S(=O)(=O)NC[C@@H]2CCCO2)cc1. The first-order valence-corrected chi connectivity index (χ1v) is 11.9. The Labute approximate surface area is 190 Å². The highest BCUT2D eigenvalue weighted by Gasteiger charge is 2.24. The van der Waals surface area contributed by atoms with Crippen LogP contribution in [-0.2, 0) is 14.8 Å². The van der Waals surface area contributed by atoms with E-state index in [1.54, 1.807) is 31.2 Å². The number of ether oxygens (including phenoxy) is 1. The topological polar surface area (TPSA) is 111 Å². The largest absolute Gasteiger partial charge is 0.377 e. The first-order valence-electron chi connectivity index (χ1n) is 10.1. The number of benzene rings is 2. The van der Waals surface area contributed by atoms with E-state index < -0.39 is 15.9 Å². The zero-order chi connectivity index (χ0) is 22.7. The van der Waals surface area contributed by atoms with E-state index in [0.29, 0.717) is 34.3 Å². The molecule has 1 aliphatic rings. The van der Waals surface area contributed by atoms with E-state index in [1.165, 1.54) is 24.3 Å². The number of aromatic nitrogens is 1. The number of anilines is 1. The summed E-state index contributed by atoms with van der Waals surface area (Å²) in [4.78, 5) is 13.0. The Bertz CT molecular complexity index is 1220. The lowest BCUT2D eigenvalue weighted by Gasteiger charge is -2.12. The van der Waals surface area contributed by atoms with Gasteiger partial charge in [0.2, 0.25) is 10.0 Å². The lowest BCUT2D eigenvalue weighted by molar-refractivity contribution is 0.102. The minimum atomic E-state index is -3.67. The lowest BCUT2D eigenvalue weighted by Crippen LogP contribution is -2.31. The van der Waals surface area contributed by atoms with Crippen molar-refractivity contribution in [1.29, 1.82) is 0 Å². The number of hydrogen-bond donors (Lipinski definition) is 2. The number of amides is 1. The molecule has 4 rings (SSSR count). The molecule has 10 heteroatoms. The van der Waals surface area contributed by atoms with Crippen LogP contribution >= 0.6 is 11.6 Å². The molecule has 1 amide bonds. The maximum absolute atomic E-state index is 12.9. The summed E-state index contributed by atoms with van der Waals surface area (Å²) in [7, 11) is -3.67. The van der Waals surface area contributed by atoms with Crippen LogP contribution in [0.5, 0.6) is 0 Å². The van der Waals surface area contributed by atoms with Crippen LogP contribution in [0.25, 0.3) is 11.3 Å². The van der Waals surface area contributed by atoms with Crippen LogP contribution in [-0.4, -0.2) is 38.7 Å². The molecular weight excluding hydrogens is 454 g/mol. The summed E-state index contributed by atoms with van der Waals surface area (Å²) in [6.45, 7) is 2.53. The molecule has 0 bridgehead atoms. The molecule has 2 N–H and O–H groups in total. The van der Waals surface area contributed by atoms with E-state index in [-0.39, 0.29) is 23.1 Å². The van der Waals surface area contributed by atoms with Crippen molar-refractivity contribution in [2.75, 3.05) is 18.5 Å². The molecule has 1 fully saturated rings. The number of rotatable bonds is 7. The second-order valence-corrected chi connectivity index (χ2v) is 9.58. The van der Waals surface area contributed by atoms with Gasteiger partial charge in [0.05, 0.1) is 16.0 Å². The summed E-state index contributed by atoms with van der Waals surface area (Å²) >= 11 is 6.25. The van der Waals surface area contributed by atoms with Crippen molar-refractivity contribution in [3.05, 3.63) is 64.9 Å². The Morgan fingerprint density at radius 3 is 2.62 bits per heavy atom. The molecule has 1 aliphatic heterocycles. The number of sulfonamides is 1. The Hall–Kier alpha value is -2.72. The van der Waals surface area contributed by atoms with Crippen molar-refractivity contribution in [2.45, 2.75) is 30.8 Å². The minimum Gasteiger partial charge on any atom is -0.377 e. The summed E-state index contributed by atoms with van der Waals surface area (Å²) < 4.78 is 38.2. The number of carbonyl (C=O) groups is 1. The van der Waals surface area contributed by atoms with Gasteiger partial charge in [0.25, 0.3) is 5.91 Å². The molecule has 1 atom stereocenters. The van der Waals surface area contributed by atoms with Crippen molar-refractivity contribution in [3.63, 3.8) is 0 Å². The van der Waals surface area contributed by atoms with Crippen molar-refractivity contribution >= 4 is 33.2 Å². The molecule has 0 radical (unpaired) electrons. The van der Waals surface area contributed by atoms with Gasteiger partial charge < -0.3 is 14.6 Å². The van der Waals surface area contributed by atoms with Crippen LogP contribution < -0.4 is 10.0 Å². The molecular formula is C22H22ClN3O5S. The maximum atomic E-state index is 12.9. The normalized spacial score (nSPS) is 16.2. The van der Waals surface area contributed by atoms with E-state index >= 15 is 0 Å². The fraction of sp³-hybridized carbons (Fsp3) is 0.273. The van der Waals surface area contributed by atoms with Gasteiger partial charge >= 0.3 is 0 Å². The predicted octanol–water partition coefficient (Wildman–Crippen LogP) is 4.01. The van der Waals surface area contributed by atoms with Crippen molar-refractivity contribution < 1.29 is 22.5 Å². The van der Waals surface area contributed by atoms with Crippen molar-refractivity contribution in [1.82, 2.24) is 9.88 Å². The molecule has 0 unspecified atom stereocenters. The first-order chi connectivity index (χ1) is 15.3. The van der Waals surface area contributed by atoms with Crippen LogP contribution in [0.2, 0.25) is 5.02 Å². The number of hydrogen-bond acceptors (Lipinski definition) is 6. The van der Waals surface area contributed by atoms with Gasteiger partial charge in [-0.1, -0.05) is 35.0 Å². The summed E-state index contributed by atoms with van der Waals surface area (Å²) in [5, 5.41) is 7.19. The van der Waals surface area contributed by atoms with Gasteiger partial charge in [-0.15, -0.1) is 0 Å². The number of nitrogens with one attached hydrogen (secondary N) is 2. The number of nitrogens with zero attached hydrogens (tertiary/aromatic N) is 1. The van der Waals surface area contributed by atoms with Gasteiger partial charge in [0.1, 0.15) is 17.0 Å². The van der Waals surface area contributed by atoms with Crippen LogP contribution in [0.15, 0.2) is 57.9 Å². The monoisotopic (exact) mass is 475 g/mol. The average Bonchev–Trinajstić information content (AvgIpc) is 3.43. The predicted molar refractivity (Wildman–Crippen MR) is 120 cm³/mol. The smallest absolute Gasteiger partial charge is 0.261 e. The van der Waals surface area contributed by atoms with Crippen molar-refractivity contribution in [2.24, 2.45) is 0 Å². The molecule has 0 aliphatic carbocycles. The van der Waals surface area contributed by atoms with Gasteiger partial charge in [-0.2, -0.15) is 0 Å². The molecule has 32 heavy (non-hydrogen) atoms. The molecule has 2 heterocycles. The molecule has 168 valence electrons. The Kier molecular flexibility index (Phi) is 6.61. The Morgan fingerprint density at radius 2 is 1.94 bits per heavy atom. The lowest BCUT2D eigenvalue weighted by atomic mass is 10.1. The second-order valence-electron chi connectivity index (χ2n) is 7.41. The van der Waals surface area contributed by atoms with Crippen LogP contribution in [0.4, 0.5) is 5.69 Å². The quantitative estimate of drug-likeness (QED) is 0.534. The zero-order valence-corrected chi connectivity index (χ0v) is 18.9. The average molecular weight is 476 g/mol. The third-order valence-electron chi connectivity index (χ3n) is 5.17. The molecule has 2 aromatic carbocycles. The van der Waals surface area contributed by atoms with Crippen LogP contribution in [0.3, 0.4) is 0 Å². The third kappa shape index (κ3) is 4.86. The van der Waals surface area contributed by atoms with E-state index in [0.717, 1.165) is 12.8 Å². The molecule has 3 aromatic rings. The van der Waals surface area contributed by atoms with Gasteiger partial charge in [-0.25, -0.2) is 13.1 Å². The van der Waals surface area contributed by atoms with Gasteiger partial charge in [-0.3, -0.25) is 4.79 Å². The molecule has 8 nitrogen and oxygen atoms in total. The zero-order valence-electron chi connectivity index (χ0n) is 17.3. The molecule has 1 aromatic heterocycles. The molecule has 0 saturated carbocycles. The van der Waals surface area contributed by atoms with Crippen molar-refractivity contribution in [3.8, 4) is 11.3 Å². The number of carbonyl (C=O) groups excluding carboxylic acids is 1. The van der Waals surface area contributed by atoms with E-state index in [1.807, 2.05) is 0 Å². The standard InChI is InChI=1S/C22H22ClN3O5S/c1-14-20(21(26-31-14)18-6-2-3-7-19(18)23)22(27)25-15-8-10-17(11-9-15)32(28,29)24-13-16-5-4-12-30-16/h2-3,6-11,16,24H,4-5,12-13H2,1H3,(H,25,27)/t16-/m0/s1. The summed E-state index contributed by atoms with van der Waals surface area (Å²) in [6, 6.07) is 12.9. The number of halogens is 1. The summed E-state index contributed by atoms with van der Waals surface area (Å²) in [6.07, 6.45) is 1.68. The van der Waals surface area contributed by atoms with Gasteiger partial charge in [-0.05, 0) is 50.1 Å². The summed E-state index contributed by atoms with van der Waals surface area (Å²) in [5.74, 6) is -0.0965. The van der Waals surface area contributed by atoms with Crippen LogP contribution in [0, 0.1) is 6.92 Å². The van der Waals surface area contributed by atoms with E-state index in [2.05, 4.69) is 15.2 Å².